The van der Waals surface area contributed by atoms with Gasteiger partial charge in [-0.2, -0.15) is 0 Å². The monoisotopic (exact) mass is 565 g/mol. The molecule has 0 spiro atoms. The Labute approximate surface area is 235 Å². The minimum atomic E-state index is -3.71. The van der Waals surface area contributed by atoms with Crippen LogP contribution < -0.4 is 15.4 Å². The van der Waals surface area contributed by atoms with Crippen molar-refractivity contribution >= 4 is 27.5 Å². The molecule has 3 aromatic carbocycles. The van der Waals surface area contributed by atoms with E-state index in [4.69, 9.17) is 11.1 Å². The highest BCUT2D eigenvalue weighted by molar-refractivity contribution is 7.92. The number of rotatable bonds is 11. The topological polar surface area (TPSA) is 120 Å². The molecule has 1 heterocycles. The number of nitrogen functional groups attached to an aromatic ring is 1. The minimum absolute atomic E-state index is 0.0356. The van der Waals surface area contributed by atoms with Crippen LogP contribution in [0.15, 0.2) is 78.9 Å². The summed E-state index contributed by atoms with van der Waals surface area (Å²) in [5.74, 6) is -0.626. The van der Waals surface area contributed by atoms with E-state index in [2.05, 4.69) is 10.2 Å². The van der Waals surface area contributed by atoms with E-state index >= 15 is 0 Å². The Hall–Kier alpha value is -3.76. The van der Waals surface area contributed by atoms with Gasteiger partial charge in [-0.3, -0.25) is 19.4 Å². The van der Waals surface area contributed by atoms with Gasteiger partial charge in [-0.05, 0) is 67.3 Å². The molecule has 10 heteroatoms. The first-order valence-corrected chi connectivity index (χ1v) is 15.0. The van der Waals surface area contributed by atoms with E-state index in [1.165, 1.54) is 16.4 Å². The van der Waals surface area contributed by atoms with Crippen LogP contribution >= 0.6 is 0 Å². The van der Waals surface area contributed by atoms with Gasteiger partial charge in [0, 0.05) is 37.3 Å². The standard InChI is InChI=1S/C30H36FN5O3S/c1-22(35-17-15-27(16-18-35)34-29(37)19-23-7-11-26(31)12-8-23)20-36(28-13-9-25(10-14-28)30(32)33)40(38,39)21-24-5-3-2-4-6-24/h2-14,22,27H,15-21H2,1H3,(H3,32,33)(H,34,37)/t22-/m1/s1. The van der Waals surface area contributed by atoms with Crippen LogP contribution in [0.4, 0.5) is 10.1 Å². The zero-order valence-electron chi connectivity index (χ0n) is 22.6. The molecule has 0 aromatic heterocycles. The molecule has 1 fully saturated rings. The van der Waals surface area contributed by atoms with Gasteiger partial charge in [0.15, 0.2) is 0 Å². The third-order valence-corrected chi connectivity index (χ3v) is 8.95. The number of amidine groups is 1. The van der Waals surface area contributed by atoms with Crippen LogP contribution in [0.1, 0.15) is 36.5 Å². The quantitative estimate of drug-likeness (QED) is 0.242. The first kappa shape index (κ1) is 29.2. The fourth-order valence-electron chi connectivity index (χ4n) is 4.96. The van der Waals surface area contributed by atoms with Crippen LogP contribution in [-0.2, 0) is 27.0 Å². The summed E-state index contributed by atoms with van der Waals surface area (Å²) in [5, 5.41) is 10.7. The van der Waals surface area contributed by atoms with Crippen molar-refractivity contribution in [3.05, 3.63) is 101 Å². The lowest BCUT2D eigenvalue weighted by Gasteiger charge is -2.38. The van der Waals surface area contributed by atoms with Crippen LogP contribution in [0.2, 0.25) is 0 Å². The van der Waals surface area contributed by atoms with Gasteiger partial charge in [-0.25, -0.2) is 12.8 Å². The maximum absolute atomic E-state index is 13.7. The number of likely N-dealkylation sites (tertiary alicyclic amines) is 1. The number of benzene rings is 3. The van der Waals surface area contributed by atoms with Crippen molar-refractivity contribution in [3.63, 3.8) is 0 Å². The van der Waals surface area contributed by atoms with Crippen molar-refractivity contribution in [2.45, 2.75) is 44.0 Å². The molecular formula is C30H36FN5O3S. The van der Waals surface area contributed by atoms with Gasteiger partial charge in [-0.15, -0.1) is 0 Å². The van der Waals surface area contributed by atoms with Crippen LogP contribution in [0.5, 0.6) is 0 Å². The van der Waals surface area contributed by atoms with E-state index in [0.29, 0.717) is 16.8 Å². The molecule has 1 saturated heterocycles. The second-order valence-corrected chi connectivity index (χ2v) is 12.2. The minimum Gasteiger partial charge on any atom is -0.384 e. The Balaban J connectivity index is 1.39. The number of hydrogen-bond donors (Lipinski definition) is 3. The maximum atomic E-state index is 13.7. The van der Waals surface area contributed by atoms with E-state index in [0.717, 1.165) is 31.5 Å². The number of nitrogens with zero attached hydrogens (tertiary/aromatic N) is 2. The van der Waals surface area contributed by atoms with Gasteiger partial charge in [-0.1, -0.05) is 42.5 Å². The SMILES string of the molecule is C[C@H](CN(c1ccc(C(=N)N)cc1)S(=O)(=O)Cc1ccccc1)N1CCC(NC(=O)Cc2ccc(F)cc2)CC1. The van der Waals surface area contributed by atoms with Crippen LogP contribution in [-0.4, -0.2) is 56.8 Å². The zero-order chi connectivity index (χ0) is 28.7. The predicted octanol–water partition coefficient (Wildman–Crippen LogP) is 3.66. The lowest BCUT2D eigenvalue weighted by atomic mass is 10.0. The molecule has 8 nitrogen and oxygen atoms in total. The Kier molecular flexibility index (Phi) is 9.54. The first-order chi connectivity index (χ1) is 19.1. The van der Waals surface area contributed by atoms with Gasteiger partial charge in [0.1, 0.15) is 11.7 Å². The van der Waals surface area contributed by atoms with Crippen molar-refractivity contribution < 1.29 is 17.6 Å². The second-order valence-electron chi connectivity index (χ2n) is 10.3. The maximum Gasteiger partial charge on any atom is 0.239 e. The molecule has 0 aliphatic carbocycles. The lowest BCUT2D eigenvalue weighted by molar-refractivity contribution is -0.121. The van der Waals surface area contributed by atoms with Crippen molar-refractivity contribution in [2.75, 3.05) is 23.9 Å². The Morgan fingerprint density at radius 1 is 1.02 bits per heavy atom. The smallest absolute Gasteiger partial charge is 0.239 e. The molecule has 0 unspecified atom stereocenters. The van der Waals surface area contributed by atoms with Crippen molar-refractivity contribution in [1.82, 2.24) is 10.2 Å². The molecule has 3 aromatic rings. The number of piperidine rings is 1. The third-order valence-electron chi connectivity index (χ3n) is 7.22. The van der Waals surface area contributed by atoms with E-state index in [1.807, 2.05) is 25.1 Å². The number of carbonyl (C=O) groups excluding carboxylic acids is 1. The highest BCUT2D eigenvalue weighted by Crippen LogP contribution is 2.24. The zero-order valence-corrected chi connectivity index (χ0v) is 23.4. The summed E-state index contributed by atoms with van der Waals surface area (Å²) >= 11 is 0. The van der Waals surface area contributed by atoms with Crippen LogP contribution in [0.3, 0.4) is 0 Å². The van der Waals surface area contributed by atoms with Crippen LogP contribution in [0.25, 0.3) is 0 Å². The Morgan fingerprint density at radius 3 is 2.25 bits per heavy atom. The average molecular weight is 566 g/mol. The second kappa shape index (κ2) is 13.1. The molecule has 1 atom stereocenters. The lowest BCUT2D eigenvalue weighted by Crippen LogP contribution is -2.51. The molecule has 4 N–H and O–H groups in total. The van der Waals surface area contributed by atoms with Gasteiger partial charge in [0.25, 0.3) is 0 Å². The van der Waals surface area contributed by atoms with E-state index < -0.39 is 10.0 Å². The molecule has 0 saturated carbocycles. The average Bonchev–Trinajstić information content (AvgIpc) is 2.93. The van der Waals surface area contributed by atoms with Crippen molar-refractivity contribution in [2.24, 2.45) is 5.73 Å². The summed E-state index contributed by atoms with van der Waals surface area (Å²) in [6, 6.07) is 21.7. The summed E-state index contributed by atoms with van der Waals surface area (Å²) in [7, 11) is -3.71. The summed E-state index contributed by atoms with van der Waals surface area (Å²) in [6.07, 6.45) is 1.71. The van der Waals surface area contributed by atoms with E-state index in [9.17, 15) is 17.6 Å². The third kappa shape index (κ3) is 7.89. The van der Waals surface area contributed by atoms with E-state index in [-0.39, 0.29) is 48.4 Å². The molecule has 1 aliphatic rings. The predicted molar refractivity (Wildman–Crippen MR) is 156 cm³/mol. The number of hydrogen-bond acceptors (Lipinski definition) is 5. The summed E-state index contributed by atoms with van der Waals surface area (Å²) < 4.78 is 41.9. The molecule has 1 amide bonds. The van der Waals surface area contributed by atoms with Crippen LogP contribution in [0, 0.1) is 11.2 Å². The fraction of sp³-hybridized carbons (Fsp3) is 0.333. The molecule has 40 heavy (non-hydrogen) atoms. The molecule has 1 aliphatic heterocycles. The molecule has 4 rings (SSSR count). The van der Waals surface area contributed by atoms with Gasteiger partial charge in [0.2, 0.25) is 15.9 Å². The number of carbonyl (C=O) groups is 1. The normalized spacial score (nSPS) is 15.3. The van der Waals surface area contributed by atoms with E-state index in [1.54, 1.807) is 48.5 Å². The van der Waals surface area contributed by atoms with Gasteiger partial charge < -0.3 is 11.1 Å². The highest BCUT2D eigenvalue weighted by atomic mass is 32.2. The summed E-state index contributed by atoms with van der Waals surface area (Å²) in [5.41, 5.74) is 8.12. The van der Waals surface area contributed by atoms with Gasteiger partial charge in [0.05, 0.1) is 17.9 Å². The summed E-state index contributed by atoms with van der Waals surface area (Å²) in [4.78, 5) is 14.7. The summed E-state index contributed by atoms with van der Waals surface area (Å²) in [6.45, 7) is 3.72. The largest absolute Gasteiger partial charge is 0.384 e. The molecule has 0 bridgehead atoms. The Morgan fingerprint density at radius 2 is 1.65 bits per heavy atom. The molecule has 212 valence electrons. The van der Waals surface area contributed by atoms with Crippen molar-refractivity contribution in [3.8, 4) is 0 Å². The number of halogens is 1. The highest BCUT2D eigenvalue weighted by Gasteiger charge is 2.29. The van der Waals surface area contributed by atoms with Crippen molar-refractivity contribution in [1.29, 1.82) is 5.41 Å². The molecular weight excluding hydrogens is 529 g/mol. The first-order valence-electron chi connectivity index (χ1n) is 13.4. The fourth-order valence-corrected chi connectivity index (χ4v) is 6.61. The number of anilines is 1. The number of nitrogens with two attached hydrogens (primary N) is 1. The Bertz CT molecular complexity index is 1390. The number of amides is 1. The number of sulfonamides is 1. The number of nitrogens with one attached hydrogen (secondary N) is 2. The van der Waals surface area contributed by atoms with Gasteiger partial charge >= 0.3 is 0 Å². The molecule has 0 radical (unpaired) electrons.